The van der Waals surface area contributed by atoms with Gasteiger partial charge in [0.2, 0.25) is 0 Å². The first kappa shape index (κ1) is 10.2. The van der Waals surface area contributed by atoms with Crippen molar-refractivity contribution in [2.45, 2.75) is 20.3 Å². The smallest absolute Gasteiger partial charge is 0.259 e. The summed E-state index contributed by atoms with van der Waals surface area (Å²) in [5, 5.41) is 2.28. The maximum Gasteiger partial charge on any atom is 0.259 e. The van der Waals surface area contributed by atoms with Crippen molar-refractivity contribution >= 4 is 29.0 Å². The van der Waals surface area contributed by atoms with E-state index in [0.29, 0.717) is 5.95 Å². The number of aliphatic imine (C=N–C) groups is 1. The monoisotopic (exact) mass is 220 g/mol. The summed E-state index contributed by atoms with van der Waals surface area (Å²) in [6.45, 7) is 6.15. The summed E-state index contributed by atoms with van der Waals surface area (Å²) < 4.78 is 0. The van der Waals surface area contributed by atoms with Gasteiger partial charge in [-0.2, -0.15) is 4.99 Å². The number of aromatic nitrogens is 2. The van der Waals surface area contributed by atoms with Crippen molar-refractivity contribution in [3.05, 3.63) is 11.4 Å². The molecule has 1 aliphatic heterocycles. The van der Waals surface area contributed by atoms with Gasteiger partial charge in [-0.3, -0.25) is 0 Å². The second-order valence-electron chi connectivity index (χ2n) is 3.59. The molecule has 1 aliphatic rings. The van der Waals surface area contributed by atoms with Gasteiger partial charge in [-0.1, -0.05) is 0 Å². The number of hydrogen-bond donors (Lipinski definition) is 0. The van der Waals surface area contributed by atoms with Crippen LogP contribution in [0.4, 0.5) is 11.6 Å². The summed E-state index contributed by atoms with van der Waals surface area (Å²) in [7, 11) is 0. The molecule has 0 radical (unpaired) electrons. The van der Waals surface area contributed by atoms with Gasteiger partial charge in [-0.15, -0.1) is 0 Å². The molecule has 0 spiro atoms. The van der Waals surface area contributed by atoms with Gasteiger partial charge in [-0.05, 0) is 32.5 Å². The lowest BCUT2D eigenvalue weighted by molar-refractivity contribution is 0.611. The summed E-state index contributed by atoms with van der Waals surface area (Å²) >= 11 is 4.53. The van der Waals surface area contributed by atoms with Crippen LogP contribution in [0.2, 0.25) is 0 Å². The molecule has 2 heterocycles. The standard InChI is InChI=1S/C10H12N4S/c1-7-9(14-4-3-5-14)8(2)13-10(12-7)11-6-15/h3-5H2,1-2H3. The second-order valence-corrected chi connectivity index (χ2v) is 3.77. The van der Waals surface area contributed by atoms with Crippen molar-refractivity contribution in [1.82, 2.24) is 9.97 Å². The molecule has 0 unspecified atom stereocenters. The Balaban J connectivity index is 2.43. The van der Waals surface area contributed by atoms with Crippen molar-refractivity contribution < 1.29 is 0 Å². The van der Waals surface area contributed by atoms with Crippen LogP contribution >= 0.6 is 12.2 Å². The predicted octanol–water partition coefficient (Wildman–Crippen LogP) is 2.04. The molecule has 0 saturated carbocycles. The lowest BCUT2D eigenvalue weighted by Crippen LogP contribution is -2.38. The topological polar surface area (TPSA) is 41.4 Å². The number of aryl methyl sites for hydroxylation is 2. The molecule has 0 bridgehead atoms. The first-order valence-corrected chi connectivity index (χ1v) is 5.31. The average molecular weight is 220 g/mol. The Labute approximate surface area is 94.1 Å². The minimum Gasteiger partial charge on any atom is -0.368 e. The zero-order chi connectivity index (χ0) is 10.8. The molecule has 0 amide bonds. The molecule has 1 saturated heterocycles. The fraction of sp³-hybridized carbons (Fsp3) is 0.500. The minimum absolute atomic E-state index is 0.407. The highest BCUT2D eigenvalue weighted by molar-refractivity contribution is 7.78. The molecule has 0 aromatic carbocycles. The van der Waals surface area contributed by atoms with E-state index >= 15 is 0 Å². The van der Waals surface area contributed by atoms with E-state index in [4.69, 9.17) is 0 Å². The zero-order valence-electron chi connectivity index (χ0n) is 8.82. The van der Waals surface area contributed by atoms with Crippen LogP contribution in [0.25, 0.3) is 0 Å². The molecule has 0 atom stereocenters. The Hall–Kier alpha value is -1.32. The fourth-order valence-electron chi connectivity index (χ4n) is 1.78. The highest BCUT2D eigenvalue weighted by atomic mass is 32.1. The van der Waals surface area contributed by atoms with Crippen LogP contribution in [-0.4, -0.2) is 28.2 Å². The Morgan fingerprint density at radius 3 is 2.27 bits per heavy atom. The summed E-state index contributed by atoms with van der Waals surface area (Å²) in [6.07, 6.45) is 1.25. The number of anilines is 1. The molecule has 4 nitrogen and oxygen atoms in total. The van der Waals surface area contributed by atoms with E-state index in [0.717, 1.165) is 30.2 Å². The van der Waals surface area contributed by atoms with Crippen LogP contribution in [0.3, 0.4) is 0 Å². The number of hydrogen-bond acceptors (Lipinski definition) is 5. The van der Waals surface area contributed by atoms with Crippen molar-refractivity contribution in [3.63, 3.8) is 0 Å². The van der Waals surface area contributed by atoms with Crippen molar-refractivity contribution in [1.29, 1.82) is 0 Å². The molecule has 0 N–H and O–H groups in total. The molecular weight excluding hydrogens is 208 g/mol. The molecule has 0 aliphatic carbocycles. The van der Waals surface area contributed by atoms with Gasteiger partial charge >= 0.3 is 0 Å². The minimum atomic E-state index is 0.407. The lowest BCUT2D eigenvalue weighted by atomic mass is 10.1. The van der Waals surface area contributed by atoms with Gasteiger partial charge in [0.25, 0.3) is 5.95 Å². The summed E-state index contributed by atoms with van der Waals surface area (Å²) in [5.74, 6) is 0.407. The average Bonchev–Trinajstić information content (AvgIpc) is 2.08. The predicted molar refractivity (Wildman–Crippen MR) is 63.0 cm³/mol. The van der Waals surface area contributed by atoms with Crippen molar-refractivity contribution in [3.8, 4) is 0 Å². The molecule has 1 aromatic rings. The quantitative estimate of drug-likeness (QED) is 0.565. The third-order valence-corrected chi connectivity index (χ3v) is 2.63. The highest BCUT2D eigenvalue weighted by Crippen LogP contribution is 2.27. The first-order chi connectivity index (χ1) is 7.22. The number of nitrogens with zero attached hydrogens (tertiary/aromatic N) is 4. The molecule has 5 heteroatoms. The van der Waals surface area contributed by atoms with Crippen LogP contribution in [0, 0.1) is 13.8 Å². The summed E-state index contributed by atoms with van der Waals surface area (Å²) in [5.41, 5.74) is 3.07. The zero-order valence-corrected chi connectivity index (χ0v) is 9.63. The third kappa shape index (κ3) is 1.89. The molecule has 1 fully saturated rings. The van der Waals surface area contributed by atoms with Crippen molar-refractivity contribution in [2.75, 3.05) is 18.0 Å². The van der Waals surface area contributed by atoms with Gasteiger partial charge < -0.3 is 4.90 Å². The van der Waals surface area contributed by atoms with E-state index < -0.39 is 0 Å². The van der Waals surface area contributed by atoms with E-state index in [1.165, 1.54) is 6.42 Å². The van der Waals surface area contributed by atoms with E-state index in [1.54, 1.807) is 0 Å². The fourth-order valence-corrected chi connectivity index (χ4v) is 1.86. The van der Waals surface area contributed by atoms with Crippen LogP contribution < -0.4 is 4.90 Å². The maximum atomic E-state index is 4.53. The largest absolute Gasteiger partial charge is 0.368 e. The molecule has 15 heavy (non-hydrogen) atoms. The highest BCUT2D eigenvalue weighted by Gasteiger charge is 2.20. The Bertz CT molecular complexity index is 410. The van der Waals surface area contributed by atoms with E-state index in [9.17, 15) is 0 Å². The molecule has 2 rings (SSSR count). The molecule has 1 aromatic heterocycles. The summed E-state index contributed by atoms with van der Waals surface area (Å²) in [6, 6.07) is 0. The van der Waals surface area contributed by atoms with E-state index in [1.807, 2.05) is 13.8 Å². The maximum absolute atomic E-state index is 4.53. The Kier molecular flexibility index (Phi) is 2.75. The normalized spacial score (nSPS) is 14.4. The van der Waals surface area contributed by atoms with Crippen LogP contribution in [0.1, 0.15) is 17.8 Å². The van der Waals surface area contributed by atoms with Crippen LogP contribution in [0.5, 0.6) is 0 Å². The van der Waals surface area contributed by atoms with Gasteiger partial charge in [0.15, 0.2) is 0 Å². The van der Waals surface area contributed by atoms with Gasteiger partial charge in [0.1, 0.15) is 0 Å². The van der Waals surface area contributed by atoms with E-state index in [-0.39, 0.29) is 0 Å². The van der Waals surface area contributed by atoms with Gasteiger partial charge in [0.05, 0.1) is 22.2 Å². The van der Waals surface area contributed by atoms with Crippen molar-refractivity contribution in [2.24, 2.45) is 4.99 Å². The molecular formula is C10H12N4S. The van der Waals surface area contributed by atoms with Crippen LogP contribution in [0.15, 0.2) is 4.99 Å². The Morgan fingerprint density at radius 1 is 1.27 bits per heavy atom. The van der Waals surface area contributed by atoms with E-state index in [2.05, 4.69) is 37.2 Å². The Morgan fingerprint density at radius 2 is 1.87 bits per heavy atom. The number of rotatable bonds is 2. The molecule has 78 valence electrons. The van der Waals surface area contributed by atoms with Gasteiger partial charge in [0, 0.05) is 13.1 Å². The lowest BCUT2D eigenvalue weighted by Gasteiger charge is -2.34. The van der Waals surface area contributed by atoms with Crippen LogP contribution in [-0.2, 0) is 0 Å². The second kappa shape index (κ2) is 4.04. The first-order valence-electron chi connectivity index (χ1n) is 4.90. The SMILES string of the molecule is Cc1nc(N=C=S)nc(C)c1N1CCC1. The number of isothiocyanates is 1. The van der Waals surface area contributed by atoms with Gasteiger partial charge in [-0.25, -0.2) is 9.97 Å². The third-order valence-electron chi connectivity index (χ3n) is 2.54. The summed E-state index contributed by atoms with van der Waals surface area (Å²) in [4.78, 5) is 14.6. The number of thiocarbonyl (C=S) groups is 1.